The van der Waals surface area contributed by atoms with Gasteiger partial charge < -0.3 is 9.47 Å². The van der Waals surface area contributed by atoms with Crippen molar-refractivity contribution in [2.45, 2.75) is 46.4 Å². The molecule has 0 radical (unpaired) electrons. The number of nitrogens with zero attached hydrogens (tertiary/aromatic N) is 1. The molecule has 0 saturated heterocycles. The van der Waals surface area contributed by atoms with Crippen LogP contribution in [0.3, 0.4) is 0 Å². The molecule has 0 aliphatic heterocycles. The molecule has 0 aliphatic carbocycles. The molecule has 1 aromatic carbocycles. The van der Waals surface area contributed by atoms with Gasteiger partial charge in [0.2, 0.25) is 6.29 Å². The van der Waals surface area contributed by atoms with Crippen LogP contribution >= 0.6 is 15.9 Å². The van der Waals surface area contributed by atoms with Gasteiger partial charge >= 0.3 is 0 Å². The van der Waals surface area contributed by atoms with Gasteiger partial charge in [0.1, 0.15) is 5.82 Å². The molecule has 0 fully saturated rings. The SMILES string of the molecule is CCOC(C#Cc1ccc(Br)c(F)c1C=NC(C)(C)C)OCC. The Balaban J connectivity index is 3.21. The minimum Gasteiger partial charge on any atom is -0.342 e. The van der Waals surface area contributed by atoms with Crippen LogP contribution < -0.4 is 0 Å². The summed E-state index contributed by atoms with van der Waals surface area (Å²) in [5, 5.41) is 0. The minimum atomic E-state index is -0.621. The van der Waals surface area contributed by atoms with Crippen LogP contribution in [0.2, 0.25) is 0 Å². The van der Waals surface area contributed by atoms with E-state index in [0.717, 1.165) is 0 Å². The maximum atomic E-state index is 14.4. The average molecular weight is 384 g/mol. The summed E-state index contributed by atoms with van der Waals surface area (Å²) in [5.74, 6) is 5.44. The summed E-state index contributed by atoms with van der Waals surface area (Å²) in [6.45, 7) is 10.6. The number of rotatable bonds is 5. The van der Waals surface area contributed by atoms with E-state index in [9.17, 15) is 4.39 Å². The average Bonchev–Trinajstić information content (AvgIpc) is 2.46. The number of aliphatic imine (C=N–C) groups is 1. The Hall–Kier alpha value is -1.22. The number of ether oxygens (including phenoxy) is 2. The van der Waals surface area contributed by atoms with Crippen LogP contribution in [0.5, 0.6) is 0 Å². The maximum absolute atomic E-state index is 14.4. The molecule has 0 aromatic heterocycles. The zero-order chi connectivity index (χ0) is 17.5. The second-order valence-corrected chi connectivity index (χ2v) is 6.62. The van der Waals surface area contributed by atoms with Crippen LogP contribution in [0, 0.1) is 17.7 Å². The highest BCUT2D eigenvalue weighted by Gasteiger charge is 2.12. The van der Waals surface area contributed by atoms with E-state index in [4.69, 9.17) is 9.47 Å². The largest absolute Gasteiger partial charge is 0.342 e. The van der Waals surface area contributed by atoms with Crippen molar-refractivity contribution in [2.24, 2.45) is 4.99 Å². The van der Waals surface area contributed by atoms with Crippen LogP contribution in [-0.2, 0) is 9.47 Å². The van der Waals surface area contributed by atoms with Crippen molar-refractivity contribution in [1.82, 2.24) is 0 Å². The smallest absolute Gasteiger partial charge is 0.222 e. The van der Waals surface area contributed by atoms with Gasteiger partial charge in [-0.2, -0.15) is 0 Å². The Morgan fingerprint density at radius 2 is 1.87 bits per heavy atom. The fourth-order valence-corrected chi connectivity index (χ4v) is 1.98. The van der Waals surface area contributed by atoms with E-state index >= 15 is 0 Å². The zero-order valence-electron chi connectivity index (χ0n) is 14.2. The van der Waals surface area contributed by atoms with Crippen molar-refractivity contribution >= 4 is 22.1 Å². The lowest BCUT2D eigenvalue weighted by Gasteiger charge is -2.12. The standard InChI is InChI=1S/C18H23BrFNO2/c1-6-22-16(23-7-2)11-9-13-8-10-15(19)17(20)14(13)12-21-18(3,4)5/h8,10,12,16H,6-7H2,1-5H3. The predicted octanol–water partition coefficient (Wildman–Crippen LogP) is 4.56. The molecule has 126 valence electrons. The fraction of sp³-hybridized carbons (Fsp3) is 0.500. The van der Waals surface area contributed by atoms with E-state index in [1.165, 1.54) is 6.21 Å². The summed E-state index contributed by atoms with van der Waals surface area (Å²) >= 11 is 3.20. The second kappa shape index (κ2) is 9.17. The molecule has 0 N–H and O–H groups in total. The zero-order valence-corrected chi connectivity index (χ0v) is 15.8. The topological polar surface area (TPSA) is 30.8 Å². The van der Waals surface area contributed by atoms with Gasteiger partial charge in [-0.1, -0.05) is 5.92 Å². The van der Waals surface area contributed by atoms with Gasteiger partial charge in [-0.15, -0.1) is 0 Å². The highest BCUT2D eigenvalue weighted by molar-refractivity contribution is 9.10. The van der Waals surface area contributed by atoms with E-state index in [1.807, 2.05) is 34.6 Å². The Labute approximate surface area is 146 Å². The first-order valence-corrected chi connectivity index (χ1v) is 8.35. The van der Waals surface area contributed by atoms with Crippen molar-refractivity contribution in [3.63, 3.8) is 0 Å². The third-order valence-electron chi connectivity index (χ3n) is 2.67. The second-order valence-electron chi connectivity index (χ2n) is 5.76. The van der Waals surface area contributed by atoms with E-state index in [-0.39, 0.29) is 11.4 Å². The molecule has 3 nitrogen and oxygen atoms in total. The first-order chi connectivity index (χ1) is 10.8. The lowest BCUT2D eigenvalue weighted by atomic mass is 10.1. The fourth-order valence-electron chi connectivity index (χ4n) is 1.63. The van der Waals surface area contributed by atoms with E-state index in [2.05, 4.69) is 32.8 Å². The molecular formula is C18H23BrFNO2. The minimum absolute atomic E-state index is 0.293. The van der Waals surface area contributed by atoms with Gasteiger partial charge in [0, 0.05) is 30.6 Å². The first kappa shape index (κ1) is 19.8. The molecule has 0 bridgehead atoms. The molecule has 0 atom stereocenters. The van der Waals surface area contributed by atoms with Crippen LogP contribution in [0.4, 0.5) is 4.39 Å². The number of hydrogen-bond donors (Lipinski definition) is 0. The third kappa shape index (κ3) is 6.82. The van der Waals surface area contributed by atoms with Gasteiger partial charge in [0.05, 0.1) is 10.0 Å². The summed E-state index contributed by atoms with van der Waals surface area (Å²) in [6.07, 6.45) is 0.907. The van der Waals surface area contributed by atoms with Crippen LogP contribution in [0.15, 0.2) is 21.6 Å². The molecule has 1 rings (SSSR count). The van der Waals surface area contributed by atoms with Crippen molar-refractivity contribution in [1.29, 1.82) is 0 Å². The molecule has 0 saturated carbocycles. The Morgan fingerprint density at radius 1 is 1.26 bits per heavy atom. The van der Waals surface area contributed by atoms with Crippen molar-refractivity contribution in [2.75, 3.05) is 13.2 Å². The van der Waals surface area contributed by atoms with Crippen molar-refractivity contribution < 1.29 is 13.9 Å². The highest BCUT2D eigenvalue weighted by atomic mass is 79.9. The van der Waals surface area contributed by atoms with Gasteiger partial charge in [-0.05, 0) is 68.6 Å². The summed E-state index contributed by atoms with van der Waals surface area (Å²) in [7, 11) is 0. The quantitative estimate of drug-likeness (QED) is 0.424. The van der Waals surface area contributed by atoms with Gasteiger partial charge in [-0.25, -0.2) is 4.39 Å². The number of benzene rings is 1. The summed E-state index contributed by atoms with van der Waals surface area (Å²) in [6, 6.07) is 3.38. The van der Waals surface area contributed by atoms with Crippen LogP contribution in [0.25, 0.3) is 0 Å². The first-order valence-electron chi connectivity index (χ1n) is 7.56. The molecular weight excluding hydrogens is 361 g/mol. The van der Waals surface area contributed by atoms with Crippen molar-refractivity contribution in [3.05, 3.63) is 33.5 Å². The summed E-state index contributed by atoms with van der Waals surface area (Å²) in [4.78, 5) is 4.37. The summed E-state index contributed by atoms with van der Waals surface area (Å²) in [5.41, 5.74) is 0.607. The van der Waals surface area contributed by atoms with E-state index in [0.29, 0.717) is 28.8 Å². The predicted molar refractivity (Wildman–Crippen MR) is 95.4 cm³/mol. The van der Waals surface area contributed by atoms with Gasteiger partial charge in [0.15, 0.2) is 0 Å². The molecule has 23 heavy (non-hydrogen) atoms. The molecule has 5 heteroatoms. The van der Waals surface area contributed by atoms with Gasteiger partial charge in [0.25, 0.3) is 0 Å². The lowest BCUT2D eigenvalue weighted by Crippen LogP contribution is -2.15. The number of halogens is 2. The molecule has 0 spiro atoms. The monoisotopic (exact) mass is 383 g/mol. The Bertz CT molecular complexity index is 606. The molecule has 0 aliphatic rings. The van der Waals surface area contributed by atoms with E-state index in [1.54, 1.807) is 12.1 Å². The van der Waals surface area contributed by atoms with E-state index < -0.39 is 6.29 Å². The normalized spacial score (nSPS) is 11.8. The molecule has 0 unspecified atom stereocenters. The van der Waals surface area contributed by atoms with Crippen LogP contribution in [-0.4, -0.2) is 31.3 Å². The Kier molecular flexibility index (Phi) is 7.90. The molecule has 0 amide bonds. The van der Waals surface area contributed by atoms with Gasteiger partial charge in [-0.3, -0.25) is 4.99 Å². The maximum Gasteiger partial charge on any atom is 0.222 e. The molecule has 1 aromatic rings. The van der Waals surface area contributed by atoms with Crippen molar-refractivity contribution in [3.8, 4) is 11.8 Å². The van der Waals surface area contributed by atoms with Crippen LogP contribution in [0.1, 0.15) is 45.7 Å². The Morgan fingerprint density at radius 3 is 2.39 bits per heavy atom. The summed E-state index contributed by atoms with van der Waals surface area (Å²) < 4.78 is 25.5. The third-order valence-corrected chi connectivity index (χ3v) is 3.29. The number of hydrogen-bond acceptors (Lipinski definition) is 3. The lowest BCUT2D eigenvalue weighted by molar-refractivity contribution is -0.0969. The molecule has 0 heterocycles. The highest BCUT2D eigenvalue weighted by Crippen LogP contribution is 2.21.